The van der Waals surface area contributed by atoms with Crippen LogP contribution in [0.25, 0.3) is 11.3 Å². The molecule has 1 aromatic carbocycles. The van der Waals surface area contributed by atoms with Crippen LogP contribution in [0.3, 0.4) is 0 Å². The Kier molecular flexibility index (Phi) is 10.6. The maximum Gasteiger partial charge on any atom is 0.391 e. The lowest BCUT2D eigenvalue weighted by molar-refractivity contribution is -0.156. The molecule has 3 rings (SSSR count). The zero-order valence-electron chi connectivity index (χ0n) is 19.6. The summed E-state index contributed by atoms with van der Waals surface area (Å²) in [6, 6.07) is 7.29. The molecule has 0 aliphatic carbocycles. The van der Waals surface area contributed by atoms with E-state index in [1.807, 2.05) is 30.3 Å². The van der Waals surface area contributed by atoms with E-state index < -0.39 is 36.5 Å². The molecule has 2 heterocycles. The Balaban J connectivity index is 0.000000266. The van der Waals surface area contributed by atoms with Crippen molar-refractivity contribution in [2.75, 3.05) is 18.9 Å². The van der Waals surface area contributed by atoms with Crippen LogP contribution in [0.2, 0.25) is 0 Å². The van der Waals surface area contributed by atoms with E-state index in [-0.39, 0.29) is 6.04 Å². The number of carbonyl (C=O) groups is 3. The fourth-order valence-corrected chi connectivity index (χ4v) is 3.99. The molecule has 3 atom stereocenters. The molecule has 0 saturated carbocycles. The number of nitrogens with zero attached hydrogens (tertiary/aromatic N) is 3. The third-order valence-corrected chi connectivity index (χ3v) is 6.09. The van der Waals surface area contributed by atoms with Gasteiger partial charge in [0.2, 0.25) is 18.2 Å². The molecule has 35 heavy (non-hydrogen) atoms. The summed E-state index contributed by atoms with van der Waals surface area (Å²) in [6.07, 6.45) is -3.70. The van der Waals surface area contributed by atoms with Crippen molar-refractivity contribution < 1.29 is 27.6 Å². The minimum absolute atomic E-state index is 0.0909. The average molecular weight is 515 g/mol. The van der Waals surface area contributed by atoms with Gasteiger partial charge in [0.25, 0.3) is 0 Å². The minimum Gasteiger partial charge on any atom is -0.343 e. The molecular formula is C22H29F3N6O3S. The van der Waals surface area contributed by atoms with E-state index in [1.165, 1.54) is 30.4 Å². The zero-order chi connectivity index (χ0) is 26.0. The van der Waals surface area contributed by atoms with Gasteiger partial charge in [0.05, 0.1) is 12.5 Å². The van der Waals surface area contributed by atoms with Crippen LogP contribution in [0.5, 0.6) is 0 Å². The molecule has 9 nitrogen and oxygen atoms in total. The molecule has 2 aromatic rings. The lowest BCUT2D eigenvalue weighted by Gasteiger charge is -2.28. The van der Waals surface area contributed by atoms with E-state index in [9.17, 15) is 27.6 Å². The van der Waals surface area contributed by atoms with Crippen molar-refractivity contribution in [1.82, 2.24) is 25.1 Å². The largest absolute Gasteiger partial charge is 0.391 e. The summed E-state index contributed by atoms with van der Waals surface area (Å²) in [5, 5.41) is 12.0. The predicted molar refractivity (Wildman–Crippen MR) is 127 cm³/mol. The van der Waals surface area contributed by atoms with Crippen molar-refractivity contribution >= 4 is 34.8 Å². The third-order valence-electron chi connectivity index (χ3n) is 5.44. The Bertz CT molecular complexity index is 973. The molecule has 3 N–H and O–H groups in total. The monoisotopic (exact) mass is 514 g/mol. The molecule has 1 aliphatic rings. The molecule has 0 spiro atoms. The molecule has 3 amide bonds. The summed E-state index contributed by atoms with van der Waals surface area (Å²) in [6.45, 7) is 3.75. The Morgan fingerprint density at radius 1 is 1.29 bits per heavy atom. The van der Waals surface area contributed by atoms with Crippen molar-refractivity contribution in [3.8, 4) is 11.3 Å². The highest BCUT2D eigenvalue weighted by Gasteiger charge is 2.40. The van der Waals surface area contributed by atoms with Gasteiger partial charge in [-0.2, -0.15) is 13.2 Å². The quantitative estimate of drug-likeness (QED) is 0.467. The maximum absolute atomic E-state index is 12.6. The number of alkyl halides is 3. The van der Waals surface area contributed by atoms with Crippen LogP contribution >= 0.6 is 11.5 Å². The number of aromatic nitrogens is 2. The summed E-state index contributed by atoms with van der Waals surface area (Å²) in [5.74, 6) is -1.28. The number of nitrogens with one attached hydrogen (secondary N) is 3. The number of rotatable bonds is 8. The lowest BCUT2D eigenvalue weighted by atomic mass is 10.1. The number of amides is 3. The number of likely N-dealkylation sites (tertiary alicyclic amines) is 1. The van der Waals surface area contributed by atoms with Crippen molar-refractivity contribution in [3.05, 3.63) is 30.3 Å². The summed E-state index contributed by atoms with van der Waals surface area (Å²) >= 11 is 1.17. The van der Waals surface area contributed by atoms with Gasteiger partial charge in [0.15, 0.2) is 0 Å². The van der Waals surface area contributed by atoms with Crippen molar-refractivity contribution in [2.45, 2.75) is 57.4 Å². The van der Waals surface area contributed by atoms with E-state index in [1.54, 1.807) is 6.92 Å². The molecule has 1 aromatic heterocycles. The van der Waals surface area contributed by atoms with Crippen LogP contribution in [0.1, 0.15) is 33.1 Å². The number of likely N-dealkylation sites (N-methyl/N-ethyl adjacent to an activating group) is 1. The lowest BCUT2D eigenvalue weighted by Crippen LogP contribution is -2.54. The molecule has 0 bridgehead atoms. The van der Waals surface area contributed by atoms with Crippen LogP contribution in [-0.2, 0) is 14.4 Å². The van der Waals surface area contributed by atoms with Crippen LogP contribution in [0.15, 0.2) is 30.3 Å². The van der Waals surface area contributed by atoms with Crippen molar-refractivity contribution in [1.29, 1.82) is 0 Å². The zero-order valence-corrected chi connectivity index (χ0v) is 20.4. The number of hydrogen-bond donors (Lipinski definition) is 3. The smallest absolute Gasteiger partial charge is 0.343 e. The fourth-order valence-electron chi connectivity index (χ4n) is 3.44. The van der Waals surface area contributed by atoms with Gasteiger partial charge in [-0.25, -0.2) is 0 Å². The normalized spacial score (nSPS) is 17.1. The SMILES string of the molecule is CN[C@@H](C)C(=O)N[C@H](CC(F)(F)F)C(=O)N1CCCC1C.O=CNc1snnc1-c1ccccc1. The summed E-state index contributed by atoms with van der Waals surface area (Å²) in [4.78, 5) is 35.7. The number of halogens is 3. The van der Waals surface area contributed by atoms with Crippen LogP contribution in [-0.4, -0.2) is 70.6 Å². The van der Waals surface area contributed by atoms with E-state index in [0.717, 1.165) is 18.4 Å². The summed E-state index contributed by atoms with van der Waals surface area (Å²) in [5.41, 5.74) is 1.66. The number of hydrogen-bond acceptors (Lipinski definition) is 7. The van der Waals surface area contributed by atoms with Crippen LogP contribution < -0.4 is 16.0 Å². The first-order chi connectivity index (χ1) is 16.6. The third kappa shape index (κ3) is 8.58. The Hall–Kier alpha value is -3.06. The van der Waals surface area contributed by atoms with E-state index in [0.29, 0.717) is 23.6 Å². The second-order valence-electron chi connectivity index (χ2n) is 7.99. The molecule has 1 saturated heterocycles. The second-order valence-corrected chi connectivity index (χ2v) is 8.75. The van der Waals surface area contributed by atoms with Gasteiger partial charge < -0.3 is 20.9 Å². The first-order valence-corrected chi connectivity index (χ1v) is 11.8. The molecule has 13 heteroatoms. The molecular weight excluding hydrogens is 485 g/mol. The topological polar surface area (TPSA) is 116 Å². The fraction of sp³-hybridized carbons (Fsp3) is 0.500. The number of benzene rings is 1. The van der Waals surface area contributed by atoms with Gasteiger partial charge in [-0.05, 0) is 33.7 Å². The van der Waals surface area contributed by atoms with Crippen molar-refractivity contribution in [2.24, 2.45) is 0 Å². The first kappa shape index (κ1) is 28.2. The molecule has 1 fully saturated rings. The minimum atomic E-state index is -4.51. The van der Waals surface area contributed by atoms with Gasteiger partial charge in [0, 0.05) is 29.7 Å². The van der Waals surface area contributed by atoms with Crippen LogP contribution in [0.4, 0.5) is 18.2 Å². The van der Waals surface area contributed by atoms with E-state index >= 15 is 0 Å². The van der Waals surface area contributed by atoms with Gasteiger partial charge in [-0.15, -0.1) is 5.10 Å². The molecule has 1 aliphatic heterocycles. The highest BCUT2D eigenvalue weighted by atomic mass is 32.1. The second kappa shape index (κ2) is 13.1. The van der Waals surface area contributed by atoms with Gasteiger partial charge in [0.1, 0.15) is 16.7 Å². The number of carbonyl (C=O) groups excluding carboxylic acids is 3. The highest BCUT2D eigenvalue weighted by molar-refractivity contribution is 7.10. The highest BCUT2D eigenvalue weighted by Crippen LogP contribution is 2.28. The Morgan fingerprint density at radius 2 is 1.97 bits per heavy atom. The van der Waals surface area contributed by atoms with Gasteiger partial charge in [-0.1, -0.05) is 34.8 Å². The molecule has 192 valence electrons. The molecule has 0 radical (unpaired) electrons. The number of anilines is 1. The predicted octanol–water partition coefficient (Wildman–Crippen LogP) is 2.82. The standard InChI is InChI=1S/C13H22F3N3O2.C9H7N3OS/c1-8-5-4-6-19(8)12(21)10(7-13(14,15)16)18-11(20)9(2)17-3;13-6-10-9-8(11-12-14-9)7-4-2-1-3-5-7/h8-10,17H,4-7H2,1-3H3,(H,18,20);1-6H,(H,10,13)/t8?,9-,10+;/m0./s1. The van der Waals surface area contributed by atoms with Crippen LogP contribution in [0, 0.1) is 0 Å². The summed E-state index contributed by atoms with van der Waals surface area (Å²) < 4.78 is 41.7. The average Bonchev–Trinajstić information content (AvgIpc) is 3.46. The Morgan fingerprint density at radius 3 is 2.51 bits per heavy atom. The van der Waals surface area contributed by atoms with E-state index in [2.05, 4.69) is 25.5 Å². The van der Waals surface area contributed by atoms with Gasteiger partial charge in [-0.3, -0.25) is 14.4 Å². The van der Waals surface area contributed by atoms with Gasteiger partial charge >= 0.3 is 6.18 Å². The summed E-state index contributed by atoms with van der Waals surface area (Å²) in [7, 11) is 1.52. The van der Waals surface area contributed by atoms with Crippen molar-refractivity contribution in [3.63, 3.8) is 0 Å². The molecule has 1 unspecified atom stereocenters. The first-order valence-electron chi connectivity index (χ1n) is 11.0. The van der Waals surface area contributed by atoms with E-state index in [4.69, 9.17) is 0 Å². The Labute approximate surface area is 205 Å². The maximum atomic E-state index is 12.6.